The smallest absolute Gasteiger partial charge is 0.255 e. The molecule has 0 amide bonds. The van der Waals surface area contributed by atoms with E-state index in [1.165, 1.54) is 4.90 Å². The van der Waals surface area contributed by atoms with Gasteiger partial charge in [0.2, 0.25) is 0 Å². The summed E-state index contributed by atoms with van der Waals surface area (Å²) < 4.78 is 25.4. The fourth-order valence-corrected chi connectivity index (χ4v) is 2.60. The molecule has 0 bridgehead atoms. The maximum atomic E-state index is 12.7. The van der Waals surface area contributed by atoms with Gasteiger partial charge in [-0.3, -0.25) is 0 Å². The van der Waals surface area contributed by atoms with Crippen LogP contribution >= 0.6 is 12.2 Å². The number of nitrogens with zero attached hydrogens (tertiary/aromatic N) is 2. The lowest BCUT2D eigenvalue weighted by molar-refractivity contribution is 0.152. The predicted octanol–water partition coefficient (Wildman–Crippen LogP) is 1.27. The van der Waals surface area contributed by atoms with E-state index in [0.29, 0.717) is 11.4 Å². The first kappa shape index (κ1) is 15.1. The van der Waals surface area contributed by atoms with Crippen LogP contribution in [-0.2, 0) is 12.8 Å². The van der Waals surface area contributed by atoms with Crippen LogP contribution in [0.2, 0.25) is 0 Å². The number of aromatic nitrogens is 1. The van der Waals surface area contributed by atoms with Crippen LogP contribution in [0.25, 0.3) is 0 Å². The van der Waals surface area contributed by atoms with E-state index in [4.69, 9.17) is 23.1 Å². The van der Waals surface area contributed by atoms with Gasteiger partial charge < -0.3 is 15.7 Å². The first-order valence-electron chi connectivity index (χ1n) is 6.49. The van der Waals surface area contributed by atoms with Crippen molar-refractivity contribution in [1.82, 2.24) is 4.98 Å². The molecule has 1 aliphatic rings. The number of fused-ring (bicyclic) bond motifs is 1. The minimum Gasteiger partial charge on any atom is -0.395 e. The third kappa shape index (κ3) is 3.21. The molecule has 0 saturated heterocycles. The molecule has 20 heavy (non-hydrogen) atoms. The lowest BCUT2D eigenvalue weighted by atomic mass is 10.1. The van der Waals surface area contributed by atoms with Crippen molar-refractivity contribution in [2.45, 2.75) is 25.7 Å². The molecular weight excluding hydrogens is 284 g/mol. The van der Waals surface area contributed by atoms with Crippen molar-refractivity contribution in [2.24, 2.45) is 5.73 Å². The lowest BCUT2D eigenvalue weighted by Crippen LogP contribution is -2.34. The third-order valence-electron chi connectivity index (χ3n) is 3.32. The number of aryl methyl sites for hydroxylation is 2. The first-order chi connectivity index (χ1) is 9.52. The highest BCUT2D eigenvalue weighted by Crippen LogP contribution is 2.27. The maximum Gasteiger partial charge on any atom is 0.255 e. The summed E-state index contributed by atoms with van der Waals surface area (Å²) in [6.07, 6.45) is 0.224. The summed E-state index contributed by atoms with van der Waals surface area (Å²) >= 11 is 5.00. The Labute approximate surface area is 121 Å². The zero-order chi connectivity index (χ0) is 14.7. The van der Waals surface area contributed by atoms with Crippen LogP contribution in [0, 0.1) is 0 Å². The summed E-state index contributed by atoms with van der Waals surface area (Å²) in [5.41, 5.74) is 8.19. The number of thiocarbonyl (C=S) groups is 1. The highest BCUT2D eigenvalue weighted by Gasteiger charge is 2.22. The van der Waals surface area contributed by atoms with E-state index >= 15 is 0 Å². The number of pyridine rings is 1. The first-order valence-corrected chi connectivity index (χ1v) is 6.90. The second-order valence-electron chi connectivity index (χ2n) is 4.74. The van der Waals surface area contributed by atoms with Gasteiger partial charge in [0, 0.05) is 12.2 Å². The molecule has 0 saturated carbocycles. The highest BCUT2D eigenvalue weighted by atomic mass is 32.1. The third-order valence-corrected chi connectivity index (χ3v) is 3.54. The number of alkyl halides is 2. The standard InChI is InChI=1S/C13H17F2N3OS/c14-11(15)7-18(4-5-19)13-9(12(16)20)6-8-2-1-3-10(8)17-13/h6,11,19H,1-5,7H2,(H2,16,20). The number of anilines is 1. The molecule has 0 unspecified atom stereocenters. The van der Waals surface area contributed by atoms with Crippen LogP contribution in [0.3, 0.4) is 0 Å². The van der Waals surface area contributed by atoms with Gasteiger partial charge in [0.15, 0.2) is 0 Å². The highest BCUT2D eigenvalue weighted by molar-refractivity contribution is 7.80. The number of hydrogen-bond acceptors (Lipinski definition) is 4. The summed E-state index contributed by atoms with van der Waals surface area (Å²) in [5.74, 6) is 0.354. The Kier molecular flexibility index (Phi) is 4.82. The van der Waals surface area contributed by atoms with Crippen molar-refractivity contribution in [3.8, 4) is 0 Å². The van der Waals surface area contributed by atoms with Crippen LogP contribution in [0.1, 0.15) is 23.2 Å². The minimum atomic E-state index is -2.52. The van der Waals surface area contributed by atoms with Crippen molar-refractivity contribution in [3.05, 3.63) is 22.9 Å². The number of halogens is 2. The zero-order valence-electron chi connectivity index (χ0n) is 11.0. The zero-order valence-corrected chi connectivity index (χ0v) is 11.8. The topological polar surface area (TPSA) is 62.4 Å². The van der Waals surface area contributed by atoms with Gasteiger partial charge in [0.05, 0.1) is 18.7 Å². The molecule has 4 nitrogen and oxygen atoms in total. The predicted molar refractivity (Wildman–Crippen MR) is 77.5 cm³/mol. The average molecular weight is 301 g/mol. The minimum absolute atomic E-state index is 0.0751. The number of aliphatic hydroxyl groups excluding tert-OH is 1. The molecule has 1 aromatic rings. The van der Waals surface area contributed by atoms with E-state index in [0.717, 1.165) is 30.5 Å². The molecule has 2 rings (SSSR count). The normalized spacial score (nSPS) is 13.6. The molecule has 7 heteroatoms. The van der Waals surface area contributed by atoms with Crippen LogP contribution in [-0.4, -0.2) is 41.2 Å². The molecule has 0 fully saturated rings. The van der Waals surface area contributed by atoms with Crippen LogP contribution in [0.4, 0.5) is 14.6 Å². The van der Waals surface area contributed by atoms with Gasteiger partial charge in [-0.05, 0) is 30.9 Å². The van der Waals surface area contributed by atoms with Crippen LogP contribution in [0.15, 0.2) is 6.07 Å². The van der Waals surface area contributed by atoms with Crippen molar-refractivity contribution in [1.29, 1.82) is 0 Å². The van der Waals surface area contributed by atoms with Gasteiger partial charge in [-0.1, -0.05) is 12.2 Å². The molecule has 0 atom stereocenters. The molecule has 0 aromatic carbocycles. The fraction of sp³-hybridized carbons (Fsp3) is 0.538. The van der Waals surface area contributed by atoms with Crippen molar-refractivity contribution in [2.75, 3.05) is 24.6 Å². The summed E-state index contributed by atoms with van der Waals surface area (Å²) in [6, 6.07) is 1.85. The van der Waals surface area contributed by atoms with Gasteiger partial charge >= 0.3 is 0 Å². The number of hydrogen-bond donors (Lipinski definition) is 2. The average Bonchev–Trinajstić information content (AvgIpc) is 2.83. The van der Waals surface area contributed by atoms with Crippen molar-refractivity contribution < 1.29 is 13.9 Å². The summed E-state index contributed by atoms with van der Waals surface area (Å²) in [7, 11) is 0. The molecule has 0 aliphatic heterocycles. The van der Waals surface area contributed by atoms with E-state index in [2.05, 4.69) is 4.98 Å². The molecule has 1 heterocycles. The second kappa shape index (κ2) is 6.41. The Hall–Kier alpha value is -1.34. The van der Waals surface area contributed by atoms with E-state index in [1.54, 1.807) is 0 Å². The van der Waals surface area contributed by atoms with Gasteiger partial charge in [-0.25, -0.2) is 13.8 Å². The molecular formula is C13H17F2N3OS. The quantitative estimate of drug-likeness (QED) is 0.775. The number of rotatable bonds is 6. The Balaban J connectivity index is 2.43. The monoisotopic (exact) mass is 301 g/mol. The summed E-state index contributed by atoms with van der Waals surface area (Å²) in [5, 5.41) is 9.06. The molecule has 1 aliphatic carbocycles. The molecule has 0 radical (unpaired) electrons. The summed E-state index contributed by atoms with van der Waals surface area (Å²) in [4.78, 5) is 5.94. The van der Waals surface area contributed by atoms with E-state index in [-0.39, 0.29) is 18.1 Å². The Morgan fingerprint density at radius 3 is 2.85 bits per heavy atom. The Morgan fingerprint density at radius 1 is 1.50 bits per heavy atom. The molecule has 110 valence electrons. The lowest BCUT2D eigenvalue weighted by Gasteiger charge is -2.25. The van der Waals surface area contributed by atoms with E-state index in [1.807, 2.05) is 6.07 Å². The molecule has 3 N–H and O–H groups in total. The summed E-state index contributed by atoms with van der Waals surface area (Å²) in [6.45, 7) is -0.657. The van der Waals surface area contributed by atoms with Gasteiger partial charge in [-0.15, -0.1) is 0 Å². The van der Waals surface area contributed by atoms with E-state index in [9.17, 15) is 8.78 Å². The maximum absolute atomic E-state index is 12.7. The molecule has 1 aromatic heterocycles. The van der Waals surface area contributed by atoms with Crippen LogP contribution < -0.4 is 10.6 Å². The number of nitrogens with two attached hydrogens (primary N) is 1. The largest absolute Gasteiger partial charge is 0.395 e. The van der Waals surface area contributed by atoms with E-state index < -0.39 is 13.0 Å². The van der Waals surface area contributed by atoms with Crippen LogP contribution in [0.5, 0.6) is 0 Å². The SMILES string of the molecule is NC(=S)c1cc2c(nc1N(CCO)CC(F)F)CCC2. The van der Waals surface area contributed by atoms with Crippen molar-refractivity contribution >= 4 is 23.0 Å². The fourth-order valence-electron chi connectivity index (χ4n) is 2.45. The Bertz CT molecular complexity index is 511. The molecule has 0 spiro atoms. The van der Waals surface area contributed by atoms with Crippen molar-refractivity contribution in [3.63, 3.8) is 0 Å². The van der Waals surface area contributed by atoms with Gasteiger partial charge in [0.1, 0.15) is 10.8 Å². The Morgan fingerprint density at radius 2 is 2.25 bits per heavy atom. The second-order valence-corrected chi connectivity index (χ2v) is 5.18. The number of aliphatic hydroxyl groups is 1. The van der Waals surface area contributed by atoms with Gasteiger partial charge in [-0.2, -0.15) is 0 Å². The van der Waals surface area contributed by atoms with Gasteiger partial charge in [0.25, 0.3) is 6.43 Å².